The molecule has 0 saturated carbocycles. The van der Waals surface area contributed by atoms with Crippen LogP contribution in [0.5, 0.6) is 11.6 Å². The zero-order valence-corrected chi connectivity index (χ0v) is 26.0. The third kappa shape index (κ3) is 6.02. The first-order valence-corrected chi connectivity index (χ1v) is 15.8. The van der Waals surface area contributed by atoms with E-state index in [4.69, 9.17) is 35.8 Å². The molecule has 2 fully saturated rings. The average Bonchev–Trinajstić information content (AvgIpc) is 3.42. The first kappa shape index (κ1) is 29.6. The molecule has 5 heterocycles. The number of halogens is 2. The highest BCUT2D eigenvalue weighted by Gasteiger charge is 2.29. The van der Waals surface area contributed by atoms with Gasteiger partial charge in [-0.1, -0.05) is 23.4 Å². The van der Waals surface area contributed by atoms with Gasteiger partial charge in [0.25, 0.3) is 0 Å². The molecule has 11 nitrogen and oxygen atoms in total. The molecular weight excluding hydrogens is 597 g/mol. The summed E-state index contributed by atoms with van der Waals surface area (Å²) in [6.07, 6.45) is 7.24. The third-order valence-electron chi connectivity index (χ3n) is 7.33. The fourth-order valence-electron chi connectivity index (χ4n) is 5.27. The van der Waals surface area contributed by atoms with Gasteiger partial charge in [0.1, 0.15) is 27.8 Å². The van der Waals surface area contributed by atoms with Crippen molar-refractivity contribution in [1.82, 2.24) is 29.6 Å². The predicted molar refractivity (Wildman–Crippen MR) is 163 cm³/mol. The Morgan fingerprint density at radius 2 is 1.95 bits per heavy atom. The van der Waals surface area contributed by atoms with Crippen LogP contribution in [0.2, 0.25) is 5.02 Å². The van der Waals surface area contributed by atoms with Gasteiger partial charge in [-0.25, -0.2) is 28.8 Å². The van der Waals surface area contributed by atoms with Gasteiger partial charge in [0.05, 0.1) is 22.5 Å². The number of carbonyl (C=O) groups is 1. The summed E-state index contributed by atoms with van der Waals surface area (Å²) in [7, 11) is 0. The van der Waals surface area contributed by atoms with Gasteiger partial charge >= 0.3 is 6.09 Å². The lowest BCUT2D eigenvalue weighted by molar-refractivity contribution is -0.0366. The molecule has 2 aliphatic rings. The van der Waals surface area contributed by atoms with Gasteiger partial charge in [-0.3, -0.25) is 0 Å². The van der Waals surface area contributed by atoms with Crippen LogP contribution in [0.4, 0.5) is 15.0 Å². The van der Waals surface area contributed by atoms with Crippen LogP contribution in [0.25, 0.3) is 21.8 Å². The molecule has 1 atom stereocenters. The van der Waals surface area contributed by atoms with Crippen LogP contribution >= 0.6 is 23.4 Å². The summed E-state index contributed by atoms with van der Waals surface area (Å²) in [5.74, 6) is 0.336. The topological polar surface area (TPSA) is 108 Å². The lowest BCUT2D eigenvalue weighted by Crippen LogP contribution is -2.50. The highest BCUT2D eigenvalue weighted by molar-refractivity contribution is 7.98. The maximum absolute atomic E-state index is 15.2. The van der Waals surface area contributed by atoms with E-state index in [-0.39, 0.29) is 29.0 Å². The fraction of sp³-hybridized carbons (Fsp3) is 0.483. The first-order valence-electron chi connectivity index (χ1n) is 14.2. The molecule has 0 N–H and O–H groups in total. The number of nitrogens with zero attached hydrogens (tertiary/aromatic N) is 7. The molecule has 0 aliphatic carbocycles. The molecule has 0 radical (unpaired) electrons. The summed E-state index contributed by atoms with van der Waals surface area (Å²) in [5, 5.41) is 6.10. The van der Waals surface area contributed by atoms with Gasteiger partial charge in [0.15, 0.2) is 17.1 Å². The number of amides is 1. The Balaban J connectivity index is 1.34. The summed E-state index contributed by atoms with van der Waals surface area (Å²) in [4.78, 5) is 30.4. The number of anilines is 1. The molecule has 1 amide bonds. The van der Waals surface area contributed by atoms with E-state index in [2.05, 4.69) is 15.0 Å². The second-order valence-electron chi connectivity index (χ2n) is 11.4. The van der Waals surface area contributed by atoms with Crippen LogP contribution in [-0.4, -0.2) is 80.4 Å². The zero-order valence-electron chi connectivity index (χ0n) is 24.5. The molecule has 2 saturated heterocycles. The number of fused-ring (bicyclic) bond motifs is 2. The summed E-state index contributed by atoms with van der Waals surface area (Å²) in [6.45, 7) is 8.25. The molecular formula is C29H33ClFN7O4S. The minimum absolute atomic E-state index is 0.107. The lowest BCUT2D eigenvalue weighted by atomic mass is 10.2. The highest BCUT2D eigenvalue weighted by atomic mass is 35.5. The number of piperazine rings is 1. The molecule has 3 aromatic heterocycles. The van der Waals surface area contributed by atoms with E-state index < -0.39 is 11.4 Å². The molecule has 43 heavy (non-hydrogen) atoms. The molecule has 228 valence electrons. The van der Waals surface area contributed by atoms with Gasteiger partial charge < -0.3 is 24.0 Å². The van der Waals surface area contributed by atoms with Crippen LogP contribution in [0.1, 0.15) is 46.3 Å². The number of benzene rings is 1. The van der Waals surface area contributed by atoms with Gasteiger partial charge in [-0.05, 0) is 52.4 Å². The molecule has 4 aromatic rings. The Labute approximate surface area is 257 Å². The van der Waals surface area contributed by atoms with Crippen molar-refractivity contribution in [2.24, 2.45) is 0 Å². The second-order valence-corrected chi connectivity index (χ2v) is 12.6. The van der Waals surface area contributed by atoms with Crippen molar-refractivity contribution >= 4 is 57.1 Å². The monoisotopic (exact) mass is 629 g/mol. The third-order valence-corrected chi connectivity index (χ3v) is 8.23. The molecule has 0 bridgehead atoms. The van der Waals surface area contributed by atoms with Crippen molar-refractivity contribution in [1.29, 1.82) is 0 Å². The lowest BCUT2D eigenvalue weighted by Gasteiger charge is -2.36. The van der Waals surface area contributed by atoms with Gasteiger partial charge in [0.2, 0.25) is 5.88 Å². The molecule has 1 aromatic carbocycles. The Bertz CT molecular complexity index is 1670. The number of ether oxygens (including phenoxy) is 3. The minimum Gasteiger partial charge on any atom is -0.444 e. The van der Waals surface area contributed by atoms with E-state index in [1.807, 2.05) is 33.1 Å². The molecule has 6 rings (SSSR count). The van der Waals surface area contributed by atoms with Crippen LogP contribution < -0.4 is 9.64 Å². The van der Waals surface area contributed by atoms with Crippen LogP contribution in [-0.2, 0) is 9.47 Å². The van der Waals surface area contributed by atoms with Crippen LogP contribution in [0.3, 0.4) is 0 Å². The molecule has 1 unspecified atom stereocenters. The molecule has 2 aliphatic heterocycles. The number of pyridine rings is 1. The van der Waals surface area contributed by atoms with Crippen molar-refractivity contribution < 1.29 is 23.4 Å². The largest absolute Gasteiger partial charge is 0.444 e. The van der Waals surface area contributed by atoms with E-state index in [1.54, 1.807) is 22.0 Å². The van der Waals surface area contributed by atoms with Gasteiger partial charge in [-0.15, -0.1) is 0 Å². The van der Waals surface area contributed by atoms with Crippen molar-refractivity contribution in [3.63, 3.8) is 0 Å². The van der Waals surface area contributed by atoms with Crippen LogP contribution in [0, 0.1) is 5.82 Å². The normalized spacial score (nSPS) is 18.0. The molecule has 14 heteroatoms. The maximum Gasteiger partial charge on any atom is 0.410 e. The minimum atomic E-state index is -0.634. The van der Waals surface area contributed by atoms with Crippen molar-refractivity contribution in [3.8, 4) is 11.6 Å². The van der Waals surface area contributed by atoms with Gasteiger partial charge in [-0.2, -0.15) is 5.10 Å². The SMILES string of the molecule is CSc1nc(N2CCN(C(=O)OC(C)(C)C)CC2)c2ccnc(Oc3c(Cl)c(F)cc4c3cnn4C3CCCCO3)c2n1. The van der Waals surface area contributed by atoms with E-state index in [0.29, 0.717) is 65.6 Å². The molecule has 0 spiro atoms. The Morgan fingerprint density at radius 3 is 2.65 bits per heavy atom. The fourth-order valence-corrected chi connectivity index (χ4v) is 5.83. The zero-order chi connectivity index (χ0) is 30.3. The van der Waals surface area contributed by atoms with Crippen molar-refractivity contribution in [2.75, 3.05) is 43.9 Å². The number of rotatable bonds is 5. The summed E-state index contributed by atoms with van der Waals surface area (Å²) >= 11 is 7.86. The Kier molecular flexibility index (Phi) is 8.22. The van der Waals surface area contributed by atoms with E-state index in [1.165, 1.54) is 17.8 Å². The Morgan fingerprint density at radius 1 is 1.16 bits per heavy atom. The van der Waals surface area contributed by atoms with Crippen molar-refractivity contribution in [2.45, 2.75) is 57.0 Å². The van der Waals surface area contributed by atoms with E-state index in [0.717, 1.165) is 19.3 Å². The number of aromatic nitrogens is 5. The highest BCUT2D eigenvalue weighted by Crippen LogP contribution is 2.41. The standard InChI is InChI=1S/C29H33ClFN7O4S/c1-29(2,3)42-28(39)37-12-10-36(11-13-37)25-17-8-9-32-26(23(17)34-27(35-25)43-4)41-24-18-16-33-38(21-7-5-6-14-40-21)20(18)15-19(31)22(24)30/h8-9,15-16,21H,5-7,10-14H2,1-4H3. The maximum atomic E-state index is 15.2. The van der Waals surface area contributed by atoms with E-state index in [9.17, 15) is 4.79 Å². The first-order chi connectivity index (χ1) is 20.6. The number of thioether (sulfide) groups is 1. The quantitative estimate of drug-likeness (QED) is 0.181. The van der Waals surface area contributed by atoms with E-state index >= 15 is 4.39 Å². The van der Waals surface area contributed by atoms with Gasteiger partial charge in [0, 0.05) is 45.0 Å². The number of hydrogen-bond donors (Lipinski definition) is 0. The van der Waals surface area contributed by atoms with Crippen LogP contribution in [0.15, 0.2) is 29.7 Å². The average molecular weight is 630 g/mol. The smallest absolute Gasteiger partial charge is 0.410 e. The summed E-state index contributed by atoms with van der Waals surface area (Å²) in [6, 6.07) is 3.18. The summed E-state index contributed by atoms with van der Waals surface area (Å²) in [5.41, 5.74) is 0.418. The number of hydrogen-bond acceptors (Lipinski definition) is 10. The van der Waals surface area contributed by atoms with Crippen molar-refractivity contribution in [3.05, 3.63) is 35.4 Å². The second kappa shape index (κ2) is 11.9. The Hall–Kier alpha value is -3.42. The summed E-state index contributed by atoms with van der Waals surface area (Å²) < 4.78 is 34.6. The number of carbonyl (C=O) groups excluding carboxylic acids is 1. The predicted octanol–water partition coefficient (Wildman–Crippen LogP) is 6.44.